The van der Waals surface area contributed by atoms with Crippen molar-refractivity contribution in [2.24, 2.45) is 0 Å². The highest BCUT2D eigenvalue weighted by Crippen LogP contribution is 2.15. The van der Waals surface area contributed by atoms with Crippen molar-refractivity contribution in [2.75, 3.05) is 0 Å². The molecule has 5 nitrogen and oxygen atoms in total. The molecule has 0 aliphatic rings. The largest absolute Gasteiger partial charge is 0.487 e. The molecule has 3 aromatic rings. The molecular formula is C15H11FN2O3. The van der Waals surface area contributed by atoms with E-state index >= 15 is 0 Å². The first-order valence-electron chi connectivity index (χ1n) is 6.22. The molecule has 0 fully saturated rings. The number of rotatable bonds is 4. The standard InChI is InChI=1S/C15H11FN2O3/c16-10-3-5-12(6-4-10)21-9-11-8-18-7-1-2-13(15(19)20)14(18)17-11/h1-8H,9H2,(H,19,20). The highest BCUT2D eigenvalue weighted by molar-refractivity contribution is 5.94. The topological polar surface area (TPSA) is 63.8 Å². The molecule has 0 aliphatic heterocycles. The molecule has 6 heteroatoms. The minimum absolute atomic E-state index is 0.130. The first-order valence-corrected chi connectivity index (χ1v) is 6.22. The number of carboxylic acids is 1. The molecule has 3 rings (SSSR count). The summed E-state index contributed by atoms with van der Waals surface area (Å²) in [5.74, 6) is -0.842. The summed E-state index contributed by atoms with van der Waals surface area (Å²) >= 11 is 0. The van der Waals surface area contributed by atoms with Crippen molar-refractivity contribution >= 4 is 11.6 Å². The van der Waals surface area contributed by atoms with E-state index in [4.69, 9.17) is 9.84 Å². The van der Waals surface area contributed by atoms with Crippen LogP contribution in [-0.4, -0.2) is 20.5 Å². The van der Waals surface area contributed by atoms with Crippen molar-refractivity contribution in [1.82, 2.24) is 9.38 Å². The Balaban J connectivity index is 1.83. The summed E-state index contributed by atoms with van der Waals surface area (Å²) in [6.45, 7) is 0.173. The third-order valence-corrected chi connectivity index (χ3v) is 2.96. The number of pyridine rings is 1. The Kier molecular flexibility index (Phi) is 3.27. The quantitative estimate of drug-likeness (QED) is 0.801. The minimum Gasteiger partial charge on any atom is -0.487 e. The molecular weight excluding hydrogens is 275 g/mol. The van der Waals surface area contributed by atoms with Gasteiger partial charge in [0.2, 0.25) is 0 Å². The number of hydrogen-bond donors (Lipinski definition) is 1. The van der Waals surface area contributed by atoms with Crippen molar-refractivity contribution in [3.63, 3.8) is 0 Å². The molecule has 0 amide bonds. The van der Waals surface area contributed by atoms with Crippen LogP contribution in [0.1, 0.15) is 16.1 Å². The van der Waals surface area contributed by atoms with Gasteiger partial charge in [-0.15, -0.1) is 0 Å². The summed E-state index contributed by atoms with van der Waals surface area (Å²) in [6, 6.07) is 8.79. The van der Waals surface area contributed by atoms with Crippen molar-refractivity contribution in [2.45, 2.75) is 6.61 Å². The zero-order valence-corrected chi connectivity index (χ0v) is 10.9. The maximum atomic E-state index is 12.8. The van der Waals surface area contributed by atoms with Crippen LogP contribution in [0.25, 0.3) is 5.65 Å². The summed E-state index contributed by atoms with van der Waals surface area (Å²) in [4.78, 5) is 15.4. The molecule has 21 heavy (non-hydrogen) atoms. The number of carbonyl (C=O) groups is 1. The molecule has 106 valence electrons. The molecule has 0 atom stereocenters. The molecule has 0 spiro atoms. The van der Waals surface area contributed by atoms with E-state index in [9.17, 15) is 9.18 Å². The Bertz CT molecular complexity index is 796. The molecule has 2 heterocycles. The average molecular weight is 286 g/mol. The van der Waals surface area contributed by atoms with Gasteiger partial charge in [0.15, 0.2) is 5.65 Å². The number of halogens is 1. The van der Waals surface area contributed by atoms with E-state index < -0.39 is 5.97 Å². The number of imidazole rings is 1. The molecule has 0 bridgehead atoms. The fourth-order valence-corrected chi connectivity index (χ4v) is 1.99. The van der Waals surface area contributed by atoms with Crippen LogP contribution in [0.2, 0.25) is 0 Å². The Morgan fingerprint density at radius 2 is 2.05 bits per heavy atom. The highest BCUT2D eigenvalue weighted by Gasteiger charge is 2.11. The van der Waals surface area contributed by atoms with Crippen molar-refractivity contribution < 1.29 is 19.0 Å². The van der Waals surface area contributed by atoms with Crippen LogP contribution in [0.5, 0.6) is 5.75 Å². The first-order chi connectivity index (χ1) is 10.1. The van der Waals surface area contributed by atoms with Gasteiger partial charge in [0.1, 0.15) is 23.7 Å². The zero-order chi connectivity index (χ0) is 14.8. The van der Waals surface area contributed by atoms with Gasteiger partial charge < -0.3 is 14.2 Å². The normalized spacial score (nSPS) is 10.7. The van der Waals surface area contributed by atoms with Crippen molar-refractivity contribution in [1.29, 1.82) is 0 Å². The van der Waals surface area contributed by atoms with E-state index in [1.165, 1.54) is 30.3 Å². The molecule has 0 saturated heterocycles. The first kappa shape index (κ1) is 13.1. The Morgan fingerprint density at radius 1 is 1.29 bits per heavy atom. The predicted octanol–water partition coefficient (Wildman–Crippen LogP) is 2.75. The van der Waals surface area contributed by atoms with E-state index in [2.05, 4.69) is 4.98 Å². The van der Waals surface area contributed by atoms with E-state index in [1.54, 1.807) is 22.9 Å². The molecule has 0 radical (unpaired) electrons. The monoisotopic (exact) mass is 286 g/mol. The zero-order valence-electron chi connectivity index (χ0n) is 10.9. The van der Waals surface area contributed by atoms with Gasteiger partial charge in [-0.1, -0.05) is 0 Å². The van der Waals surface area contributed by atoms with Crippen LogP contribution >= 0.6 is 0 Å². The second-order valence-electron chi connectivity index (χ2n) is 4.43. The number of fused-ring (bicyclic) bond motifs is 1. The number of benzene rings is 1. The molecule has 0 saturated carbocycles. The van der Waals surface area contributed by atoms with Crippen LogP contribution < -0.4 is 4.74 Å². The molecule has 1 aromatic carbocycles. The third-order valence-electron chi connectivity index (χ3n) is 2.96. The number of ether oxygens (including phenoxy) is 1. The van der Waals surface area contributed by atoms with E-state index in [0.29, 0.717) is 17.1 Å². The number of aromatic nitrogens is 2. The summed E-state index contributed by atoms with van der Waals surface area (Å²) in [7, 11) is 0. The minimum atomic E-state index is -1.03. The second kappa shape index (κ2) is 5.24. The van der Waals surface area contributed by atoms with Gasteiger partial charge in [-0.2, -0.15) is 0 Å². The van der Waals surface area contributed by atoms with Crippen LogP contribution in [0, 0.1) is 5.82 Å². The van der Waals surface area contributed by atoms with Crippen LogP contribution in [0.4, 0.5) is 4.39 Å². The number of aromatic carboxylic acids is 1. The summed E-state index contributed by atoms with van der Waals surface area (Å²) in [6.07, 6.45) is 3.42. The lowest BCUT2D eigenvalue weighted by Crippen LogP contribution is -2.00. The van der Waals surface area contributed by atoms with E-state index in [0.717, 1.165) is 0 Å². The average Bonchev–Trinajstić information content (AvgIpc) is 2.89. The lowest BCUT2D eigenvalue weighted by atomic mass is 10.3. The van der Waals surface area contributed by atoms with Gasteiger partial charge >= 0.3 is 5.97 Å². The lowest BCUT2D eigenvalue weighted by molar-refractivity contribution is 0.0698. The van der Waals surface area contributed by atoms with Crippen LogP contribution in [0.15, 0.2) is 48.8 Å². The third kappa shape index (κ3) is 2.69. The second-order valence-corrected chi connectivity index (χ2v) is 4.43. The summed E-state index contributed by atoms with van der Waals surface area (Å²) in [5, 5.41) is 9.11. The van der Waals surface area contributed by atoms with Crippen molar-refractivity contribution in [3.05, 3.63) is 65.9 Å². The predicted molar refractivity (Wildman–Crippen MR) is 72.9 cm³/mol. The Hall–Kier alpha value is -2.89. The van der Waals surface area contributed by atoms with Crippen LogP contribution in [0.3, 0.4) is 0 Å². The summed E-state index contributed by atoms with van der Waals surface area (Å²) in [5.41, 5.74) is 1.08. The fraction of sp³-hybridized carbons (Fsp3) is 0.0667. The molecule has 2 aromatic heterocycles. The number of nitrogens with zero attached hydrogens (tertiary/aromatic N) is 2. The number of hydrogen-bond acceptors (Lipinski definition) is 3. The van der Waals surface area contributed by atoms with Gasteiger partial charge in [-0.05, 0) is 36.4 Å². The van der Waals surface area contributed by atoms with Gasteiger partial charge in [-0.3, -0.25) is 0 Å². The summed E-state index contributed by atoms with van der Waals surface area (Å²) < 4.78 is 19.9. The number of carboxylic acid groups (broad SMARTS) is 1. The van der Waals surface area contributed by atoms with E-state index in [1.807, 2.05) is 0 Å². The van der Waals surface area contributed by atoms with Gasteiger partial charge in [0, 0.05) is 12.4 Å². The SMILES string of the molecule is O=C(O)c1cccn2cc(COc3ccc(F)cc3)nc12. The molecule has 0 unspecified atom stereocenters. The lowest BCUT2D eigenvalue weighted by Gasteiger charge is -2.03. The maximum absolute atomic E-state index is 12.8. The smallest absolute Gasteiger partial charge is 0.339 e. The Labute approximate surface area is 119 Å². The Morgan fingerprint density at radius 3 is 2.76 bits per heavy atom. The van der Waals surface area contributed by atoms with Gasteiger partial charge in [-0.25, -0.2) is 14.2 Å². The van der Waals surface area contributed by atoms with Crippen LogP contribution in [-0.2, 0) is 6.61 Å². The molecule has 0 aliphatic carbocycles. The van der Waals surface area contributed by atoms with Crippen molar-refractivity contribution in [3.8, 4) is 5.75 Å². The highest BCUT2D eigenvalue weighted by atomic mass is 19.1. The van der Waals surface area contributed by atoms with E-state index in [-0.39, 0.29) is 18.0 Å². The fourth-order valence-electron chi connectivity index (χ4n) is 1.99. The maximum Gasteiger partial charge on any atom is 0.339 e. The molecule has 1 N–H and O–H groups in total. The van der Waals surface area contributed by atoms with Gasteiger partial charge in [0.05, 0.1) is 5.69 Å². The van der Waals surface area contributed by atoms with Gasteiger partial charge in [0.25, 0.3) is 0 Å².